The van der Waals surface area contributed by atoms with Gasteiger partial charge in [0.1, 0.15) is 0 Å². The van der Waals surface area contributed by atoms with Crippen LogP contribution in [0.1, 0.15) is 50.8 Å². The van der Waals surface area contributed by atoms with Crippen molar-refractivity contribution < 1.29 is 40.6 Å². The molecule has 0 nitrogen and oxygen atoms in total. The van der Waals surface area contributed by atoms with E-state index in [1.54, 1.807) is 21.5 Å². The monoisotopic (exact) mass is 432 g/mol. The molecule has 2 aromatic rings. The van der Waals surface area contributed by atoms with Gasteiger partial charge in [0, 0.05) is 11.8 Å². The zero-order valence-electron chi connectivity index (χ0n) is 23.4. The van der Waals surface area contributed by atoms with Crippen molar-refractivity contribution >= 4 is 26.5 Å². The van der Waals surface area contributed by atoms with E-state index in [0.29, 0.717) is 11.8 Å². The summed E-state index contributed by atoms with van der Waals surface area (Å²) in [7, 11) is -2.80. The predicted octanol–water partition coefficient (Wildman–Crippen LogP) is 2.36. The molecule has 0 aromatic heterocycles. The Bertz CT molecular complexity index is 949. The van der Waals surface area contributed by atoms with Crippen LogP contribution in [0.4, 0.5) is 0 Å². The van der Waals surface area contributed by atoms with E-state index < -0.39 is 16.1 Å². The van der Waals surface area contributed by atoms with Gasteiger partial charge in [0.2, 0.25) is 0 Å². The summed E-state index contributed by atoms with van der Waals surface area (Å²) in [4.78, 5) is 0. The smallest absolute Gasteiger partial charge is 1.00 e. The molecular weight excluding hydrogens is 394 g/mol. The quantitative estimate of drug-likeness (QED) is 0.651. The van der Waals surface area contributed by atoms with Crippen molar-refractivity contribution in [2.45, 2.75) is 65.0 Å². The second kappa shape index (κ2) is 9.06. The Morgan fingerprint density at radius 2 is 0.935 bits per heavy atom. The molecule has 2 aromatic carbocycles. The van der Waals surface area contributed by atoms with Gasteiger partial charge in [-0.1, -0.05) is 124 Å². The molecule has 31 heavy (non-hydrogen) atoms. The van der Waals surface area contributed by atoms with Crippen LogP contribution in [0.15, 0.2) is 60.7 Å². The van der Waals surface area contributed by atoms with E-state index in [1.165, 1.54) is 11.1 Å². The number of rotatable bonds is 4. The van der Waals surface area contributed by atoms with Gasteiger partial charge in [0.15, 0.2) is 0 Å². The minimum Gasteiger partial charge on any atom is -1.00 e. The maximum atomic E-state index is 2.65. The van der Waals surface area contributed by atoms with Crippen molar-refractivity contribution in [2.75, 3.05) is 0 Å². The largest absolute Gasteiger partial charge is 1.00 e. The fraction of sp³-hybridized carbons (Fsp3) is 0.407. The number of hydrogen-bond acceptors (Lipinski definition) is 0. The second-order valence-corrected chi connectivity index (χ2v) is 21.7. The predicted molar refractivity (Wildman–Crippen MR) is 137 cm³/mol. The SMILES string of the molecule is CC(C)(C1C=C([Si](C)(C)C)c2ccccc21)C1C=C([Si](C)(C)C)c2ccccc21.[H-].[H-].[Li+].[Li+]. The van der Waals surface area contributed by atoms with Gasteiger partial charge in [-0.15, -0.1) is 0 Å². The first-order valence-electron chi connectivity index (χ1n) is 11.1. The van der Waals surface area contributed by atoms with Crippen LogP contribution >= 0.6 is 0 Å². The summed E-state index contributed by atoms with van der Waals surface area (Å²) in [6.07, 6.45) is 5.31. The molecule has 0 fully saturated rings. The molecule has 0 heterocycles. The molecule has 0 amide bonds. The third-order valence-corrected chi connectivity index (χ3v) is 11.2. The zero-order valence-corrected chi connectivity index (χ0v) is 23.4. The van der Waals surface area contributed by atoms with Crippen LogP contribution in [0.5, 0.6) is 0 Å². The standard InChI is InChI=1S/C27H36Si2.2Li.2H/c1-27(2,23-17-25(28(3,4)5)21-15-11-9-13-19(21)23)24-18-26(29(6,7)8)22-16-12-10-14-20(22)24;;;;/h9-18,23-24H,1-8H3;;;;/q;2*+1;2*-1. The molecule has 0 N–H and O–H groups in total. The Labute approximate surface area is 219 Å². The summed E-state index contributed by atoms with van der Waals surface area (Å²) in [5, 5.41) is 3.29. The van der Waals surface area contributed by atoms with E-state index >= 15 is 0 Å². The molecule has 0 saturated carbocycles. The number of allylic oxidation sites excluding steroid dienone is 2. The summed E-state index contributed by atoms with van der Waals surface area (Å²) in [6.45, 7) is 19.9. The molecule has 4 heteroatoms. The van der Waals surface area contributed by atoms with Gasteiger partial charge in [0.05, 0.1) is 16.1 Å². The number of fused-ring (bicyclic) bond motifs is 2. The van der Waals surface area contributed by atoms with Crippen LogP contribution in [0, 0.1) is 5.41 Å². The Kier molecular flexibility index (Phi) is 7.83. The average molecular weight is 433 g/mol. The summed E-state index contributed by atoms with van der Waals surface area (Å²) < 4.78 is 0. The van der Waals surface area contributed by atoms with E-state index in [0.717, 1.165) is 0 Å². The summed E-state index contributed by atoms with van der Waals surface area (Å²) in [5.74, 6) is 0.937. The molecule has 2 aliphatic rings. The summed E-state index contributed by atoms with van der Waals surface area (Å²) >= 11 is 0. The van der Waals surface area contributed by atoms with Crippen LogP contribution in [-0.4, -0.2) is 16.1 Å². The first-order valence-corrected chi connectivity index (χ1v) is 18.1. The van der Waals surface area contributed by atoms with Crippen molar-refractivity contribution in [1.82, 2.24) is 0 Å². The van der Waals surface area contributed by atoms with Crippen LogP contribution in [0.3, 0.4) is 0 Å². The van der Waals surface area contributed by atoms with Crippen LogP contribution in [0.2, 0.25) is 39.3 Å². The van der Waals surface area contributed by atoms with E-state index in [4.69, 9.17) is 0 Å². The molecule has 156 valence electrons. The molecule has 0 bridgehead atoms. The molecule has 0 aliphatic heterocycles. The van der Waals surface area contributed by atoms with Gasteiger partial charge in [-0.2, -0.15) is 0 Å². The van der Waals surface area contributed by atoms with E-state index in [2.05, 4.69) is 114 Å². The molecule has 0 spiro atoms. The maximum absolute atomic E-state index is 2.65. The Balaban J connectivity index is 0.00000256. The van der Waals surface area contributed by atoms with Gasteiger partial charge in [0.25, 0.3) is 0 Å². The number of benzene rings is 2. The molecular formula is C27H38Li2Si2. The normalized spacial score (nSPS) is 20.1. The van der Waals surface area contributed by atoms with E-state index in [-0.39, 0.29) is 46.0 Å². The van der Waals surface area contributed by atoms with E-state index in [1.807, 2.05) is 0 Å². The van der Waals surface area contributed by atoms with Gasteiger partial charge in [-0.05, 0) is 27.7 Å². The third-order valence-electron chi connectivity index (χ3n) is 7.06. The van der Waals surface area contributed by atoms with Crippen molar-refractivity contribution in [1.29, 1.82) is 0 Å². The minimum atomic E-state index is -1.40. The molecule has 2 atom stereocenters. The number of hydrogen-bond donors (Lipinski definition) is 0. The zero-order chi connectivity index (χ0) is 21.2. The minimum absolute atomic E-state index is 0. The summed E-state index contributed by atoms with van der Waals surface area (Å²) in [6, 6.07) is 18.4. The maximum Gasteiger partial charge on any atom is 1.00 e. The first-order chi connectivity index (χ1) is 13.4. The van der Waals surface area contributed by atoms with Gasteiger partial charge < -0.3 is 2.85 Å². The Morgan fingerprint density at radius 3 is 1.26 bits per heavy atom. The van der Waals surface area contributed by atoms with Crippen LogP contribution in [0.25, 0.3) is 10.4 Å². The van der Waals surface area contributed by atoms with Crippen molar-refractivity contribution in [3.05, 3.63) is 82.9 Å². The first kappa shape index (κ1) is 26.8. The third kappa shape index (κ3) is 4.64. The fourth-order valence-electron chi connectivity index (χ4n) is 5.45. The van der Waals surface area contributed by atoms with Crippen LogP contribution in [-0.2, 0) is 0 Å². The van der Waals surface area contributed by atoms with Gasteiger partial charge in [-0.3, -0.25) is 0 Å². The fourth-order valence-corrected chi connectivity index (χ4v) is 8.86. The van der Waals surface area contributed by atoms with Crippen molar-refractivity contribution in [2.24, 2.45) is 5.41 Å². The molecule has 4 rings (SSSR count). The molecule has 0 saturated heterocycles. The molecule has 2 aliphatic carbocycles. The Hall–Kier alpha value is -0.451. The van der Waals surface area contributed by atoms with Crippen molar-refractivity contribution in [3.63, 3.8) is 0 Å². The Morgan fingerprint density at radius 1 is 0.613 bits per heavy atom. The van der Waals surface area contributed by atoms with E-state index in [9.17, 15) is 0 Å². The average Bonchev–Trinajstić information content (AvgIpc) is 3.21. The van der Waals surface area contributed by atoms with Crippen LogP contribution < -0.4 is 37.7 Å². The second-order valence-electron chi connectivity index (χ2n) is 11.6. The topological polar surface area (TPSA) is 0 Å². The molecule has 2 unspecified atom stereocenters. The van der Waals surface area contributed by atoms with Gasteiger partial charge in [-0.25, -0.2) is 0 Å². The molecule has 0 radical (unpaired) electrons. The van der Waals surface area contributed by atoms with Crippen molar-refractivity contribution in [3.8, 4) is 0 Å². The summed E-state index contributed by atoms with van der Waals surface area (Å²) in [5.41, 5.74) is 6.26. The van der Waals surface area contributed by atoms with Gasteiger partial charge >= 0.3 is 37.7 Å².